The predicted molar refractivity (Wildman–Crippen MR) is 42.0 cm³/mol. The van der Waals surface area contributed by atoms with Crippen molar-refractivity contribution in [2.24, 2.45) is 5.18 Å². The first kappa shape index (κ1) is 8.80. The smallest absolute Gasteiger partial charge is 0.257 e. The topological polar surface area (TPSA) is 46.5 Å². The van der Waals surface area contributed by atoms with Crippen molar-refractivity contribution in [3.05, 3.63) is 34.5 Å². The molecule has 1 rings (SSSR count). The number of benzene rings is 1. The van der Waals surface area contributed by atoms with Gasteiger partial charge in [0.2, 0.25) is 0 Å². The molecule has 1 aromatic rings. The third kappa shape index (κ3) is 1.48. The van der Waals surface area contributed by atoms with E-state index in [1.54, 1.807) is 0 Å². The van der Waals surface area contributed by atoms with E-state index in [9.17, 15) is 14.1 Å². The maximum Gasteiger partial charge on any atom is 0.257 e. The van der Waals surface area contributed by atoms with Crippen LogP contribution in [0.25, 0.3) is 0 Å². The Morgan fingerprint density at radius 2 is 2.17 bits per heavy atom. The second kappa shape index (κ2) is 3.40. The van der Waals surface area contributed by atoms with Crippen LogP contribution in [0.15, 0.2) is 23.4 Å². The predicted octanol–water partition coefficient (Wildman–Crippen LogP) is 2.60. The Balaban J connectivity index is 3.39. The van der Waals surface area contributed by atoms with Crippen molar-refractivity contribution < 1.29 is 9.18 Å². The van der Waals surface area contributed by atoms with Gasteiger partial charge in [-0.25, -0.2) is 4.39 Å². The molecule has 0 spiro atoms. The van der Waals surface area contributed by atoms with Crippen molar-refractivity contribution in [1.29, 1.82) is 0 Å². The lowest BCUT2D eigenvalue weighted by molar-refractivity contribution is 0.107. The number of halogens is 2. The van der Waals surface area contributed by atoms with Crippen molar-refractivity contribution in [3.8, 4) is 0 Å². The Labute approximate surface area is 72.1 Å². The molecular weight excluding hydrogens is 185 g/mol. The Kier molecular flexibility index (Phi) is 2.50. The van der Waals surface area contributed by atoms with Gasteiger partial charge >= 0.3 is 0 Å². The molecule has 0 fully saturated rings. The van der Waals surface area contributed by atoms with Crippen LogP contribution in [0.2, 0.25) is 0 Å². The highest BCUT2D eigenvalue weighted by molar-refractivity contribution is 6.68. The van der Waals surface area contributed by atoms with Crippen LogP contribution >= 0.6 is 11.6 Å². The van der Waals surface area contributed by atoms with E-state index in [2.05, 4.69) is 5.18 Å². The molecular formula is C7H3ClFNO2. The zero-order chi connectivity index (χ0) is 9.14. The van der Waals surface area contributed by atoms with Gasteiger partial charge in [0.25, 0.3) is 5.24 Å². The van der Waals surface area contributed by atoms with Crippen molar-refractivity contribution in [3.63, 3.8) is 0 Å². The SMILES string of the molecule is O=Nc1cccc(F)c1C(=O)Cl. The van der Waals surface area contributed by atoms with Crippen LogP contribution in [-0.2, 0) is 0 Å². The largest absolute Gasteiger partial charge is 0.275 e. The van der Waals surface area contributed by atoms with Crippen LogP contribution in [0.3, 0.4) is 0 Å². The van der Waals surface area contributed by atoms with Crippen LogP contribution in [0, 0.1) is 10.7 Å². The number of nitrogens with zero attached hydrogens (tertiary/aromatic N) is 1. The lowest BCUT2D eigenvalue weighted by atomic mass is 10.2. The molecule has 0 radical (unpaired) electrons. The van der Waals surface area contributed by atoms with Crippen molar-refractivity contribution in [2.75, 3.05) is 0 Å². The van der Waals surface area contributed by atoms with Crippen molar-refractivity contribution >= 4 is 22.5 Å². The van der Waals surface area contributed by atoms with E-state index in [0.29, 0.717) is 0 Å². The minimum atomic E-state index is -1.03. The van der Waals surface area contributed by atoms with Crippen LogP contribution in [0.1, 0.15) is 10.4 Å². The third-order valence-electron chi connectivity index (χ3n) is 1.29. The Morgan fingerprint density at radius 1 is 1.50 bits per heavy atom. The summed E-state index contributed by atoms with van der Waals surface area (Å²) in [5, 5.41) is 1.43. The highest BCUT2D eigenvalue weighted by Crippen LogP contribution is 2.23. The lowest BCUT2D eigenvalue weighted by Crippen LogP contribution is -1.93. The summed E-state index contributed by atoms with van der Waals surface area (Å²) in [6, 6.07) is 3.52. The maximum absolute atomic E-state index is 12.8. The molecule has 5 heteroatoms. The van der Waals surface area contributed by atoms with Gasteiger partial charge in [0.1, 0.15) is 11.5 Å². The molecule has 0 amide bonds. The molecule has 62 valence electrons. The van der Waals surface area contributed by atoms with Crippen LogP contribution < -0.4 is 0 Å². The van der Waals surface area contributed by atoms with Gasteiger partial charge in [-0.05, 0) is 28.9 Å². The second-order valence-electron chi connectivity index (χ2n) is 2.00. The van der Waals surface area contributed by atoms with Gasteiger partial charge in [-0.2, -0.15) is 0 Å². The molecule has 0 atom stereocenters. The highest BCUT2D eigenvalue weighted by Gasteiger charge is 2.14. The monoisotopic (exact) mass is 187 g/mol. The van der Waals surface area contributed by atoms with Crippen molar-refractivity contribution in [1.82, 2.24) is 0 Å². The molecule has 0 saturated heterocycles. The summed E-state index contributed by atoms with van der Waals surface area (Å²) in [4.78, 5) is 20.6. The molecule has 3 nitrogen and oxygen atoms in total. The van der Waals surface area contributed by atoms with Gasteiger partial charge in [-0.1, -0.05) is 6.07 Å². The van der Waals surface area contributed by atoms with E-state index in [1.165, 1.54) is 12.1 Å². The average molecular weight is 188 g/mol. The molecule has 0 saturated carbocycles. The zero-order valence-electron chi connectivity index (χ0n) is 5.75. The van der Waals surface area contributed by atoms with E-state index >= 15 is 0 Å². The Morgan fingerprint density at radius 3 is 2.58 bits per heavy atom. The molecule has 0 aliphatic heterocycles. The molecule has 0 aliphatic carbocycles. The summed E-state index contributed by atoms with van der Waals surface area (Å²) < 4.78 is 12.8. The zero-order valence-corrected chi connectivity index (χ0v) is 6.51. The number of hydrogen-bond donors (Lipinski definition) is 0. The summed E-state index contributed by atoms with van der Waals surface area (Å²) in [6.45, 7) is 0. The molecule has 1 aromatic carbocycles. The van der Waals surface area contributed by atoms with E-state index < -0.39 is 16.6 Å². The van der Waals surface area contributed by atoms with Gasteiger partial charge in [0.15, 0.2) is 0 Å². The summed E-state index contributed by atoms with van der Waals surface area (Å²) in [5.74, 6) is -0.841. The molecule has 0 aliphatic rings. The standard InChI is InChI=1S/C7H3ClFNO2/c8-7(11)6-4(9)2-1-3-5(6)10-12/h1-3H. The first-order valence-corrected chi connectivity index (χ1v) is 3.36. The summed E-state index contributed by atoms with van der Waals surface area (Å²) in [7, 11) is 0. The number of hydrogen-bond acceptors (Lipinski definition) is 3. The minimum Gasteiger partial charge on any atom is -0.275 e. The van der Waals surface area contributed by atoms with Gasteiger partial charge in [-0.3, -0.25) is 4.79 Å². The van der Waals surface area contributed by atoms with Gasteiger partial charge < -0.3 is 0 Å². The normalized spacial score (nSPS) is 9.50. The van der Waals surface area contributed by atoms with E-state index in [4.69, 9.17) is 11.6 Å². The second-order valence-corrected chi connectivity index (χ2v) is 2.34. The minimum absolute atomic E-state index is 0.282. The number of rotatable bonds is 2. The lowest BCUT2D eigenvalue weighted by Gasteiger charge is -1.97. The molecule has 0 aromatic heterocycles. The third-order valence-corrected chi connectivity index (χ3v) is 1.48. The Hall–Kier alpha value is -1.29. The fraction of sp³-hybridized carbons (Fsp3) is 0. The molecule has 0 heterocycles. The van der Waals surface area contributed by atoms with Crippen LogP contribution in [0.5, 0.6) is 0 Å². The molecule has 0 N–H and O–H groups in total. The first-order chi connectivity index (χ1) is 5.66. The quantitative estimate of drug-likeness (QED) is 0.528. The first-order valence-electron chi connectivity index (χ1n) is 2.98. The van der Waals surface area contributed by atoms with E-state index in [-0.39, 0.29) is 5.69 Å². The van der Waals surface area contributed by atoms with E-state index in [0.717, 1.165) is 6.07 Å². The van der Waals surface area contributed by atoms with E-state index in [1.807, 2.05) is 0 Å². The summed E-state index contributed by atoms with van der Waals surface area (Å²) in [5.41, 5.74) is -0.760. The number of nitroso groups, excluding NO2 is 1. The fourth-order valence-electron chi connectivity index (χ4n) is 0.783. The molecule has 12 heavy (non-hydrogen) atoms. The Bertz CT molecular complexity index is 340. The highest BCUT2D eigenvalue weighted by atomic mass is 35.5. The fourth-order valence-corrected chi connectivity index (χ4v) is 0.970. The van der Waals surface area contributed by atoms with Crippen LogP contribution in [0.4, 0.5) is 10.1 Å². The number of carbonyl (C=O) groups is 1. The maximum atomic E-state index is 12.8. The van der Waals surface area contributed by atoms with Crippen LogP contribution in [-0.4, -0.2) is 5.24 Å². The van der Waals surface area contributed by atoms with Crippen molar-refractivity contribution in [2.45, 2.75) is 0 Å². The summed E-state index contributed by atoms with van der Waals surface area (Å²) >= 11 is 5.01. The van der Waals surface area contributed by atoms with Gasteiger partial charge in [0.05, 0.1) is 5.56 Å². The molecule has 0 unspecified atom stereocenters. The summed E-state index contributed by atoms with van der Waals surface area (Å²) in [6.07, 6.45) is 0. The molecule has 0 bridgehead atoms. The number of carbonyl (C=O) groups excluding carboxylic acids is 1. The van der Waals surface area contributed by atoms with Gasteiger partial charge in [-0.15, -0.1) is 4.91 Å². The average Bonchev–Trinajstić information content (AvgIpc) is 2.03. The van der Waals surface area contributed by atoms with Gasteiger partial charge in [0, 0.05) is 0 Å².